The summed E-state index contributed by atoms with van der Waals surface area (Å²) in [5, 5.41) is 11.2. The fourth-order valence-corrected chi connectivity index (χ4v) is 0.981. The van der Waals surface area contributed by atoms with E-state index in [2.05, 4.69) is 39.0 Å². The lowest BCUT2D eigenvalue weighted by molar-refractivity contribution is 0.892. The van der Waals surface area contributed by atoms with Gasteiger partial charge < -0.3 is 5.32 Å². The summed E-state index contributed by atoms with van der Waals surface area (Å²) in [7, 11) is 0. The van der Waals surface area contributed by atoms with Gasteiger partial charge >= 0.3 is 0 Å². The van der Waals surface area contributed by atoms with Crippen molar-refractivity contribution in [1.29, 1.82) is 5.26 Å². The topological polar surface area (TPSA) is 48.2 Å². The molecule has 1 unspecified atom stereocenters. The molecule has 1 rings (SSSR count). The maximum Gasteiger partial charge on any atom is 0.136 e. The smallest absolute Gasteiger partial charge is 0.136 e. The number of aliphatic imine (C=N–C) groups is 1. The van der Waals surface area contributed by atoms with Crippen molar-refractivity contribution in [3.05, 3.63) is 9.78 Å². The van der Waals surface area contributed by atoms with Gasteiger partial charge in [0.2, 0.25) is 0 Å². The fraction of sp³-hybridized carbons (Fsp3) is 0.200. The molecule has 0 saturated carbocycles. The van der Waals surface area contributed by atoms with Crippen LogP contribution >= 0.6 is 22.6 Å². The van der Waals surface area contributed by atoms with E-state index in [0.29, 0.717) is 0 Å². The van der Waals surface area contributed by atoms with Gasteiger partial charge in [0, 0.05) is 0 Å². The highest BCUT2D eigenvalue weighted by Crippen LogP contribution is 2.09. The van der Waals surface area contributed by atoms with E-state index >= 15 is 0 Å². The lowest BCUT2D eigenvalue weighted by atomic mass is 10.3. The largest absolute Gasteiger partial charge is 0.357 e. The molecule has 0 fully saturated rings. The molecule has 9 heavy (non-hydrogen) atoms. The van der Waals surface area contributed by atoms with Crippen LogP contribution in [0.15, 0.2) is 14.8 Å². The average molecular weight is 233 g/mol. The molecule has 1 atom stereocenters. The third-order valence-electron chi connectivity index (χ3n) is 0.885. The zero-order valence-electron chi connectivity index (χ0n) is 4.50. The molecule has 0 amide bonds. The Labute approximate surface area is 66.6 Å². The number of hydrogen-bond donors (Lipinski definition) is 1. The van der Waals surface area contributed by atoms with Gasteiger partial charge in [-0.3, -0.25) is 0 Å². The Bertz CT molecular complexity index is 201. The van der Waals surface area contributed by atoms with Crippen LogP contribution in [-0.2, 0) is 0 Å². The minimum Gasteiger partial charge on any atom is -0.357 e. The van der Waals surface area contributed by atoms with Crippen molar-refractivity contribution >= 4 is 28.9 Å². The second-order valence-electron chi connectivity index (χ2n) is 1.52. The maximum atomic E-state index is 8.39. The number of rotatable bonds is 0. The lowest BCUT2D eigenvalue weighted by Gasteiger charge is -2.06. The normalized spacial score (nSPS) is 24.0. The van der Waals surface area contributed by atoms with E-state index in [4.69, 9.17) is 5.26 Å². The van der Waals surface area contributed by atoms with Crippen LogP contribution in [-0.4, -0.2) is 12.4 Å². The maximum absolute atomic E-state index is 8.39. The summed E-state index contributed by atoms with van der Waals surface area (Å²) in [4.78, 5) is 3.89. The fourth-order valence-electron chi connectivity index (χ4n) is 0.482. The van der Waals surface area contributed by atoms with Gasteiger partial charge in [0.1, 0.15) is 9.75 Å². The highest BCUT2D eigenvalue weighted by molar-refractivity contribution is 14.1. The van der Waals surface area contributed by atoms with Crippen molar-refractivity contribution in [3.63, 3.8) is 0 Å². The van der Waals surface area contributed by atoms with Crippen LogP contribution in [0.3, 0.4) is 0 Å². The minimum absolute atomic E-state index is 0.200. The van der Waals surface area contributed by atoms with Crippen LogP contribution in [0.1, 0.15) is 0 Å². The van der Waals surface area contributed by atoms with Crippen LogP contribution in [0.2, 0.25) is 0 Å². The molecule has 0 aliphatic carbocycles. The molecule has 0 radical (unpaired) electrons. The first kappa shape index (κ1) is 6.55. The zero-order valence-corrected chi connectivity index (χ0v) is 6.66. The molecule has 1 heterocycles. The number of nitriles is 1. The SMILES string of the molecule is N#CC1C=C(I)N=CN1. The van der Waals surface area contributed by atoms with E-state index < -0.39 is 0 Å². The van der Waals surface area contributed by atoms with Crippen molar-refractivity contribution in [1.82, 2.24) is 5.32 Å². The third kappa shape index (κ3) is 1.68. The second kappa shape index (κ2) is 2.82. The van der Waals surface area contributed by atoms with Crippen molar-refractivity contribution in [2.75, 3.05) is 0 Å². The van der Waals surface area contributed by atoms with Gasteiger partial charge in [-0.2, -0.15) is 5.26 Å². The third-order valence-corrected chi connectivity index (χ3v) is 1.52. The van der Waals surface area contributed by atoms with Gasteiger partial charge in [-0.1, -0.05) is 0 Å². The van der Waals surface area contributed by atoms with Crippen molar-refractivity contribution in [2.45, 2.75) is 6.04 Å². The molecular formula is C5H4IN3. The molecule has 0 aromatic rings. The molecular weight excluding hydrogens is 229 g/mol. The highest BCUT2D eigenvalue weighted by atomic mass is 127. The summed E-state index contributed by atoms with van der Waals surface area (Å²) in [6.45, 7) is 0. The van der Waals surface area contributed by atoms with E-state index in [9.17, 15) is 0 Å². The summed E-state index contributed by atoms with van der Waals surface area (Å²) in [6.07, 6.45) is 3.30. The van der Waals surface area contributed by atoms with E-state index in [1.807, 2.05) is 0 Å². The van der Waals surface area contributed by atoms with Gasteiger partial charge in [-0.25, -0.2) is 4.99 Å². The van der Waals surface area contributed by atoms with Gasteiger partial charge in [0.05, 0.1) is 12.4 Å². The Morgan fingerprint density at radius 3 is 3.11 bits per heavy atom. The predicted molar refractivity (Wildman–Crippen MR) is 43.1 cm³/mol. The average Bonchev–Trinajstić information content (AvgIpc) is 1.88. The summed E-state index contributed by atoms with van der Waals surface area (Å²) in [5.74, 6) is 0. The summed E-state index contributed by atoms with van der Waals surface area (Å²) < 4.78 is 0.859. The monoisotopic (exact) mass is 233 g/mol. The molecule has 4 heteroatoms. The first-order chi connectivity index (χ1) is 4.33. The van der Waals surface area contributed by atoms with E-state index in [1.54, 1.807) is 6.08 Å². The van der Waals surface area contributed by atoms with Crippen LogP contribution < -0.4 is 5.32 Å². The number of nitrogens with one attached hydrogen (secondary N) is 1. The molecule has 1 N–H and O–H groups in total. The Morgan fingerprint density at radius 1 is 1.89 bits per heavy atom. The van der Waals surface area contributed by atoms with Crippen LogP contribution in [0.5, 0.6) is 0 Å². The number of halogens is 1. The Hall–Kier alpha value is -0.570. The lowest BCUT2D eigenvalue weighted by Crippen LogP contribution is -2.26. The molecule has 3 nitrogen and oxygen atoms in total. The molecule has 0 aromatic carbocycles. The summed E-state index contributed by atoms with van der Waals surface area (Å²) >= 11 is 2.07. The minimum atomic E-state index is -0.200. The zero-order chi connectivity index (χ0) is 6.69. The van der Waals surface area contributed by atoms with Crippen LogP contribution in [0.25, 0.3) is 0 Å². The van der Waals surface area contributed by atoms with Gasteiger partial charge in [0.15, 0.2) is 0 Å². The van der Waals surface area contributed by atoms with Gasteiger partial charge in [0.25, 0.3) is 0 Å². The number of hydrogen-bond acceptors (Lipinski definition) is 3. The molecule has 1 aliphatic heterocycles. The van der Waals surface area contributed by atoms with Crippen LogP contribution in [0.4, 0.5) is 0 Å². The van der Waals surface area contributed by atoms with Crippen molar-refractivity contribution in [3.8, 4) is 6.07 Å². The summed E-state index contributed by atoms with van der Waals surface area (Å²) in [5.41, 5.74) is 0. The molecule has 1 aliphatic rings. The quantitative estimate of drug-likeness (QED) is 0.496. The molecule has 46 valence electrons. The van der Waals surface area contributed by atoms with E-state index in [-0.39, 0.29) is 6.04 Å². The Kier molecular flexibility index (Phi) is 2.05. The molecule has 0 bridgehead atoms. The van der Waals surface area contributed by atoms with E-state index in [1.165, 1.54) is 6.34 Å². The Morgan fingerprint density at radius 2 is 2.67 bits per heavy atom. The van der Waals surface area contributed by atoms with E-state index in [0.717, 1.165) is 3.70 Å². The molecule has 0 aromatic heterocycles. The van der Waals surface area contributed by atoms with Gasteiger partial charge in [-0.05, 0) is 28.7 Å². The first-order valence-electron chi connectivity index (χ1n) is 2.38. The summed E-state index contributed by atoms with van der Waals surface area (Å²) in [6, 6.07) is 1.85. The molecule has 0 spiro atoms. The Balaban J connectivity index is 2.69. The molecule has 0 saturated heterocycles. The van der Waals surface area contributed by atoms with Crippen molar-refractivity contribution < 1.29 is 0 Å². The van der Waals surface area contributed by atoms with Gasteiger partial charge in [-0.15, -0.1) is 0 Å². The van der Waals surface area contributed by atoms with Crippen LogP contribution in [0, 0.1) is 11.3 Å². The first-order valence-corrected chi connectivity index (χ1v) is 3.46. The highest BCUT2D eigenvalue weighted by Gasteiger charge is 2.03. The van der Waals surface area contributed by atoms with Crippen molar-refractivity contribution in [2.24, 2.45) is 4.99 Å². The predicted octanol–water partition coefficient (Wildman–Crippen LogP) is 0.786. The standard InChI is InChI=1S/C5H4IN3/c6-5-1-4(2-7)8-3-9-5/h1,3-4H,(H,8,9). The second-order valence-corrected chi connectivity index (χ2v) is 2.63. The number of nitrogens with zero attached hydrogens (tertiary/aromatic N) is 2.